The number of anilines is 1. The van der Waals surface area contributed by atoms with Gasteiger partial charge in [-0.3, -0.25) is 14.2 Å². The van der Waals surface area contributed by atoms with Crippen LogP contribution in [0.5, 0.6) is 0 Å². The van der Waals surface area contributed by atoms with Crippen molar-refractivity contribution in [1.29, 1.82) is 0 Å². The van der Waals surface area contributed by atoms with Gasteiger partial charge in [0.2, 0.25) is 5.95 Å². The zero-order chi connectivity index (χ0) is 19.8. The molecule has 1 aromatic carbocycles. The molecule has 1 fully saturated rings. The third kappa shape index (κ3) is 3.18. The maximum atomic E-state index is 12.7. The molecule has 8 nitrogen and oxygen atoms in total. The number of nitrogens with zero attached hydrogens (tertiary/aromatic N) is 5. The molecule has 4 rings (SSSR count). The van der Waals surface area contributed by atoms with Gasteiger partial charge in [-0.25, -0.2) is 9.97 Å². The van der Waals surface area contributed by atoms with Gasteiger partial charge in [0.1, 0.15) is 0 Å². The van der Waals surface area contributed by atoms with Crippen LogP contribution < -0.4 is 16.0 Å². The van der Waals surface area contributed by atoms with E-state index in [4.69, 9.17) is 16.7 Å². The van der Waals surface area contributed by atoms with Gasteiger partial charge in [-0.2, -0.15) is 0 Å². The summed E-state index contributed by atoms with van der Waals surface area (Å²) in [5.41, 5.74) is 0.941. The van der Waals surface area contributed by atoms with Gasteiger partial charge in [0.15, 0.2) is 0 Å². The van der Waals surface area contributed by atoms with Gasteiger partial charge in [0.25, 0.3) is 0 Å². The van der Waals surface area contributed by atoms with Crippen molar-refractivity contribution in [3.63, 3.8) is 0 Å². The van der Waals surface area contributed by atoms with Crippen LogP contribution in [0.1, 0.15) is 24.4 Å². The molecule has 0 radical (unpaired) electrons. The molecule has 146 valence electrons. The van der Waals surface area contributed by atoms with Crippen LogP contribution in [0.25, 0.3) is 11.0 Å². The Balaban J connectivity index is 1.65. The zero-order valence-electron chi connectivity index (χ0n) is 15.4. The van der Waals surface area contributed by atoms with Crippen LogP contribution in [0.3, 0.4) is 0 Å². The minimum atomic E-state index is -0.555. The van der Waals surface area contributed by atoms with Gasteiger partial charge < -0.3 is 14.6 Å². The second-order valence-corrected chi connectivity index (χ2v) is 7.38. The van der Waals surface area contributed by atoms with Crippen LogP contribution in [-0.2, 0) is 13.7 Å². The van der Waals surface area contributed by atoms with E-state index in [1.807, 2.05) is 4.90 Å². The van der Waals surface area contributed by atoms with Crippen LogP contribution in [0.2, 0.25) is 5.02 Å². The van der Waals surface area contributed by atoms with E-state index in [2.05, 4.69) is 9.97 Å². The molecule has 1 saturated heterocycles. The highest BCUT2D eigenvalue weighted by molar-refractivity contribution is 6.31. The second kappa shape index (κ2) is 7.37. The molecule has 1 aliphatic heterocycles. The van der Waals surface area contributed by atoms with Gasteiger partial charge in [0.05, 0.1) is 17.6 Å². The third-order valence-electron chi connectivity index (χ3n) is 5.25. The van der Waals surface area contributed by atoms with E-state index < -0.39 is 11.1 Å². The molecule has 0 spiro atoms. The Hall–Kier alpha value is -2.71. The summed E-state index contributed by atoms with van der Waals surface area (Å²) in [5.74, 6) is 0.601. The summed E-state index contributed by atoms with van der Waals surface area (Å²) in [4.78, 5) is 35.8. The quantitative estimate of drug-likeness (QED) is 0.668. The molecule has 28 heavy (non-hydrogen) atoms. The predicted octanol–water partition coefficient (Wildman–Crippen LogP) is 1.48. The molecule has 0 atom stereocenters. The Labute approximate surface area is 165 Å². The van der Waals surface area contributed by atoms with Crippen LogP contribution in [0, 0.1) is 0 Å². The number of hydrogen-bond donors (Lipinski definition) is 1. The average molecular weight is 402 g/mol. The number of fused-ring (bicyclic) bond motifs is 1. The molecule has 3 heterocycles. The first kappa shape index (κ1) is 18.6. The number of piperidine rings is 1. The standard InChI is InChI=1S/C19H20ClN5O3/c1-23-16-8-13(20)2-3-15(16)25(18(28)17(23)27)14-4-6-24(7-5-14)19-21-9-12(11-26)10-22-19/h2-3,8-10,14,26H,4-7,11H2,1H3. The van der Waals surface area contributed by atoms with Crippen LogP contribution in [0.15, 0.2) is 40.2 Å². The highest BCUT2D eigenvalue weighted by Crippen LogP contribution is 2.27. The van der Waals surface area contributed by atoms with Crippen molar-refractivity contribution in [3.8, 4) is 0 Å². The molecular weight excluding hydrogens is 382 g/mol. The first-order chi connectivity index (χ1) is 13.5. The maximum absolute atomic E-state index is 12.7. The third-order valence-corrected chi connectivity index (χ3v) is 5.49. The first-order valence-corrected chi connectivity index (χ1v) is 9.45. The van der Waals surface area contributed by atoms with E-state index in [9.17, 15) is 9.59 Å². The lowest BCUT2D eigenvalue weighted by Gasteiger charge is -2.33. The summed E-state index contributed by atoms with van der Waals surface area (Å²) < 4.78 is 2.97. The van der Waals surface area contributed by atoms with Gasteiger partial charge in [-0.05, 0) is 31.0 Å². The fourth-order valence-electron chi connectivity index (χ4n) is 3.71. The van der Waals surface area contributed by atoms with Gasteiger partial charge in [-0.1, -0.05) is 11.6 Å². The molecule has 0 aliphatic carbocycles. The SMILES string of the molecule is Cn1c(=O)c(=O)n(C2CCN(c3ncc(CO)cn3)CC2)c2ccc(Cl)cc21. The topological polar surface area (TPSA) is 93.2 Å². The van der Waals surface area contributed by atoms with Gasteiger partial charge in [-0.15, -0.1) is 0 Å². The summed E-state index contributed by atoms with van der Waals surface area (Å²) in [6.07, 6.45) is 4.60. The lowest BCUT2D eigenvalue weighted by atomic mass is 10.0. The Morgan fingerprint density at radius 3 is 2.43 bits per heavy atom. The van der Waals surface area contributed by atoms with E-state index in [-0.39, 0.29) is 12.6 Å². The predicted molar refractivity (Wildman–Crippen MR) is 107 cm³/mol. The lowest BCUT2D eigenvalue weighted by molar-refractivity contribution is 0.281. The van der Waals surface area contributed by atoms with Crippen molar-refractivity contribution in [2.45, 2.75) is 25.5 Å². The number of aliphatic hydroxyl groups excluding tert-OH is 1. The Morgan fingerprint density at radius 2 is 1.79 bits per heavy atom. The summed E-state index contributed by atoms with van der Waals surface area (Å²) in [7, 11) is 1.59. The van der Waals surface area contributed by atoms with Crippen molar-refractivity contribution >= 4 is 28.6 Å². The molecule has 0 unspecified atom stereocenters. The largest absolute Gasteiger partial charge is 0.392 e. The number of halogens is 1. The number of hydrogen-bond acceptors (Lipinski definition) is 6. The van der Waals surface area contributed by atoms with Crippen molar-refractivity contribution in [3.05, 3.63) is 61.9 Å². The van der Waals surface area contributed by atoms with E-state index in [1.165, 1.54) is 4.57 Å². The molecular formula is C19H20ClN5O3. The van der Waals surface area contributed by atoms with Crippen LogP contribution >= 0.6 is 11.6 Å². The zero-order valence-corrected chi connectivity index (χ0v) is 16.1. The summed E-state index contributed by atoms with van der Waals surface area (Å²) in [6.45, 7) is 1.24. The smallest absolute Gasteiger partial charge is 0.317 e. The van der Waals surface area contributed by atoms with Gasteiger partial charge >= 0.3 is 11.1 Å². The lowest BCUT2D eigenvalue weighted by Crippen LogP contribution is -2.45. The Morgan fingerprint density at radius 1 is 1.11 bits per heavy atom. The molecule has 9 heteroatoms. The minimum Gasteiger partial charge on any atom is -0.392 e. The van der Waals surface area contributed by atoms with Crippen molar-refractivity contribution in [2.75, 3.05) is 18.0 Å². The molecule has 2 aromatic heterocycles. The maximum Gasteiger partial charge on any atom is 0.317 e. The fraction of sp³-hybridized carbons (Fsp3) is 0.368. The first-order valence-electron chi connectivity index (χ1n) is 9.07. The number of benzene rings is 1. The number of aryl methyl sites for hydroxylation is 1. The number of aromatic nitrogens is 4. The van der Waals surface area contributed by atoms with Crippen molar-refractivity contribution in [2.24, 2.45) is 7.05 Å². The van der Waals surface area contributed by atoms with E-state index in [0.717, 1.165) is 0 Å². The molecule has 0 saturated carbocycles. The molecule has 0 bridgehead atoms. The number of rotatable bonds is 3. The Kier molecular flexibility index (Phi) is 4.91. The van der Waals surface area contributed by atoms with Crippen LogP contribution in [-0.4, -0.2) is 37.3 Å². The van der Waals surface area contributed by atoms with E-state index >= 15 is 0 Å². The second-order valence-electron chi connectivity index (χ2n) is 6.94. The normalized spacial score (nSPS) is 15.3. The van der Waals surface area contributed by atoms with Crippen LogP contribution in [0.4, 0.5) is 5.95 Å². The highest BCUT2D eigenvalue weighted by atomic mass is 35.5. The van der Waals surface area contributed by atoms with Crippen molar-refractivity contribution in [1.82, 2.24) is 19.1 Å². The fourth-order valence-corrected chi connectivity index (χ4v) is 3.88. The number of aliphatic hydroxyl groups is 1. The summed E-state index contributed by atoms with van der Waals surface area (Å²) in [5, 5.41) is 9.63. The molecule has 1 N–H and O–H groups in total. The summed E-state index contributed by atoms with van der Waals surface area (Å²) in [6, 6.07) is 5.15. The Bertz CT molecular complexity index is 1130. The van der Waals surface area contributed by atoms with E-state index in [0.29, 0.717) is 53.5 Å². The van der Waals surface area contributed by atoms with Gasteiger partial charge in [0, 0.05) is 49.2 Å². The summed E-state index contributed by atoms with van der Waals surface area (Å²) >= 11 is 6.09. The monoisotopic (exact) mass is 401 g/mol. The van der Waals surface area contributed by atoms with Crippen molar-refractivity contribution < 1.29 is 5.11 Å². The van der Waals surface area contributed by atoms with E-state index in [1.54, 1.807) is 42.2 Å². The molecule has 0 amide bonds. The molecule has 3 aromatic rings. The molecule has 1 aliphatic rings. The minimum absolute atomic E-state index is 0.0851. The highest BCUT2D eigenvalue weighted by Gasteiger charge is 2.25. The average Bonchev–Trinajstić information content (AvgIpc) is 2.73.